The number of carbonyl (C=O) groups excluding carboxylic acids is 1. The predicted molar refractivity (Wildman–Crippen MR) is 94.7 cm³/mol. The van der Waals surface area contributed by atoms with E-state index in [0.29, 0.717) is 5.56 Å². The highest BCUT2D eigenvalue weighted by Gasteiger charge is 2.17. The van der Waals surface area contributed by atoms with Gasteiger partial charge in [-0.05, 0) is 31.2 Å². The van der Waals surface area contributed by atoms with Crippen molar-refractivity contribution in [3.63, 3.8) is 0 Å². The Balaban J connectivity index is 1.62. The first-order chi connectivity index (χ1) is 11.6. The first kappa shape index (κ1) is 16.2. The highest BCUT2D eigenvalue weighted by molar-refractivity contribution is 6.04. The van der Waals surface area contributed by atoms with E-state index in [-0.39, 0.29) is 11.6 Å². The highest BCUT2D eigenvalue weighted by Crippen LogP contribution is 2.18. The fourth-order valence-corrected chi connectivity index (χ4v) is 2.96. The van der Waals surface area contributed by atoms with Crippen LogP contribution in [0, 0.1) is 5.82 Å². The van der Waals surface area contributed by atoms with Gasteiger partial charge in [0, 0.05) is 49.2 Å². The maximum atomic E-state index is 13.2. The fraction of sp³-hybridized carbons (Fsp3) is 0.250. The summed E-state index contributed by atoms with van der Waals surface area (Å²) in [6.07, 6.45) is 1.60. The first-order valence-corrected chi connectivity index (χ1v) is 8.16. The Bertz CT molecular complexity index is 734. The molecule has 0 N–H and O–H groups in total. The number of ketones is 1. The van der Waals surface area contributed by atoms with Crippen molar-refractivity contribution in [1.29, 1.82) is 0 Å². The molecule has 0 saturated carbocycles. The quantitative estimate of drug-likeness (QED) is 0.632. The Morgan fingerprint density at radius 1 is 1.00 bits per heavy atom. The Kier molecular flexibility index (Phi) is 4.94. The maximum Gasteiger partial charge on any atom is 0.187 e. The number of allylic oxidation sites excluding steroid dienone is 2. The molecule has 0 amide bonds. The molecule has 1 fully saturated rings. The SMILES string of the molecule is C/C(=C\C(=O)c1cccc(F)c1)N1CCN(c2ccccc2)CC1. The van der Waals surface area contributed by atoms with Gasteiger partial charge in [-0.15, -0.1) is 0 Å². The van der Waals surface area contributed by atoms with E-state index in [0.717, 1.165) is 31.9 Å². The Hall–Kier alpha value is -2.62. The molecular weight excluding hydrogens is 303 g/mol. The number of benzene rings is 2. The molecular formula is C20H21FN2O. The molecule has 1 aliphatic heterocycles. The molecule has 0 aromatic heterocycles. The number of anilines is 1. The van der Waals surface area contributed by atoms with Gasteiger partial charge < -0.3 is 9.80 Å². The standard InChI is InChI=1S/C20H21FN2O/c1-16(14-20(24)17-6-5-7-18(21)15-17)22-10-12-23(13-11-22)19-8-3-2-4-9-19/h2-9,14-15H,10-13H2,1H3/b16-14+. The number of hydrogen-bond acceptors (Lipinski definition) is 3. The third-order valence-electron chi connectivity index (χ3n) is 4.35. The van der Waals surface area contributed by atoms with Crippen molar-refractivity contribution in [3.05, 3.63) is 77.8 Å². The molecule has 124 valence electrons. The molecule has 2 aromatic rings. The zero-order chi connectivity index (χ0) is 16.9. The Morgan fingerprint density at radius 3 is 2.38 bits per heavy atom. The summed E-state index contributed by atoms with van der Waals surface area (Å²) in [6.45, 7) is 5.52. The summed E-state index contributed by atoms with van der Waals surface area (Å²) in [5, 5.41) is 0. The minimum atomic E-state index is -0.386. The van der Waals surface area contributed by atoms with E-state index in [9.17, 15) is 9.18 Å². The third kappa shape index (κ3) is 3.82. The fourth-order valence-electron chi connectivity index (χ4n) is 2.96. The molecule has 0 unspecified atom stereocenters. The zero-order valence-corrected chi connectivity index (χ0v) is 13.8. The van der Waals surface area contributed by atoms with Crippen molar-refractivity contribution in [2.45, 2.75) is 6.92 Å². The number of nitrogens with zero attached hydrogens (tertiary/aromatic N) is 2. The molecule has 1 heterocycles. The lowest BCUT2D eigenvalue weighted by molar-refractivity contribution is 0.104. The number of hydrogen-bond donors (Lipinski definition) is 0. The number of para-hydroxylation sites is 1. The van der Waals surface area contributed by atoms with E-state index in [2.05, 4.69) is 21.9 Å². The van der Waals surface area contributed by atoms with Crippen molar-refractivity contribution in [2.24, 2.45) is 0 Å². The van der Waals surface area contributed by atoms with Gasteiger partial charge in [-0.25, -0.2) is 4.39 Å². The molecule has 0 radical (unpaired) electrons. The average molecular weight is 324 g/mol. The zero-order valence-electron chi connectivity index (χ0n) is 13.8. The van der Waals surface area contributed by atoms with E-state index in [1.165, 1.54) is 17.8 Å². The second kappa shape index (κ2) is 7.30. The van der Waals surface area contributed by atoms with Crippen molar-refractivity contribution in [3.8, 4) is 0 Å². The molecule has 3 rings (SSSR count). The molecule has 0 bridgehead atoms. The van der Waals surface area contributed by atoms with Gasteiger partial charge in [0.2, 0.25) is 0 Å². The van der Waals surface area contributed by atoms with Crippen LogP contribution in [-0.4, -0.2) is 36.9 Å². The second-order valence-electron chi connectivity index (χ2n) is 5.97. The van der Waals surface area contributed by atoms with Gasteiger partial charge in [0.05, 0.1) is 0 Å². The van der Waals surface area contributed by atoms with Gasteiger partial charge in [-0.2, -0.15) is 0 Å². The van der Waals surface area contributed by atoms with Crippen LogP contribution in [0.5, 0.6) is 0 Å². The first-order valence-electron chi connectivity index (χ1n) is 8.16. The van der Waals surface area contributed by atoms with Crippen LogP contribution in [0.1, 0.15) is 17.3 Å². The maximum absolute atomic E-state index is 13.2. The van der Waals surface area contributed by atoms with Crippen LogP contribution in [0.15, 0.2) is 66.4 Å². The summed E-state index contributed by atoms with van der Waals surface area (Å²) in [7, 11) is 0. The van der Waals surface area contributed by atoms with E-state index >= 15 is 0 Å². The lowest BCUT2D eigenvalue weighted by Gasteiger charge is -2.37. The summed E-state index contributed by atoms with van der Waals surface area (Å²) in [6, 6.07) is 16.2. The number of piperazine rings is 1. The van der Waals surface area contributed by atoms with Crippen LogP contribution in [0.4, 0.5) is 10.1 Å². The van der Waals surface area contributed by atoms with E-state index in [1.807, 2.05) is 25.1 Å². The van der Waals surface area contributed by atoms with Gasteiger partial charge in [-0.3, -0.25) is 4.79 Å². The summed E-state index contributed by atoms with van der Waals surface area (Å²) in [5.74, 6) is -0.541. The molecule has 1 saturated heterocycles. The molecule has 2 aromatic carbocycles. The van der Waals surface area contributed by atoms with Crippen LogP contribution >= 0.6 is 0 Å². The van der Waals surface area contributed by atoms with Crippen LogP contribution in [-0.2, 0) is 0 Å². The number of halogens is 1. The van der Waals surface area contributed by atoms with Gasteiger partial charge in [0.1, 0.15) is 5.82 Å². The van der Waals surface area contributed by atoms with Gasteiger partial charge in [-0.1, -0.05) is 30.3 Å². The largest absolute Gasteiger partial charge is 0.371 e. The molecule has 1 aliphatic rings. The Morgan fingerprint density at radius 2 is 1.71 bits per heavy atom. The third-order valence-corrected chi connectivity index (χ3v) is 4.35. The van der Waals surface area contributed by atoms with E-state index in [1.54, 1.807) is 18.2 Å². The lowest BCUT2D eigenvalue weighted by atomic mass is 10.1. The molecule has 0 atom stereocenters. The predicted octanol–water partition coefficient (Wildman–Crippen LogP) is 3.73. The lowest BCUT2D eigenvalue weighted by Crippen LogP contribution is -2.45. The second-order valence-corrected chi connectivity index (χ2v) is 5.97. The van der Waals surface area contributed by atoms with E-state index in [4.69, 9.17) is 0 Å². The summed E-state index contributed by atoms with van der Waals surface area (Å²) in [4.78, 5) is 16.8. The molecule has 3 nitrogen and oxygen atoms in total. The van der Waals surface area contributed by atoms with Gasteiger partial charge in [0.15, 0.2) is 5.78 Å². The van der Waals surface area contributed by atoms with Crippen molar-refractivity contribution in [2.75, 3.05) is 31.1 Å². The van der Waals surface area contributed by atoms with Gasteiger partial charge >= 0.3 is 0 Å². The molecule has 24 heavy (non-hydrogen) atoms. The molecule has 0 aliphatic carbocycles. The smallest absolute Gasteiger partial charge is 0.187 e. The van der Waals surface area contributed by atoms with Crippen LogP contribution < -0.4 is 4.90 Å². The summed E-state index contributed by atoms with van der Waals surface area (Å²) < 4.78 is 13.2. The minimum absolute atomic E-state index is 0.155. The highest BCUT2D eigenvalue weighted by atomic mass is 19.1. The van der Waals surface area contributed by atoms with Crippen molar-refractivity contribution >= 4 is 11.5 Å². The monoisotopic (exact) mass is 324 g/mol. The Labute approximate surface area is 142 Å². The van der Waals surface area contributed by atoms with Gasteiger partial charge in [0.25, 0.3) is 0 Å². The van der Waals surface area contributed by atoms with Crippen molar-refractivity contribution < 1.29 is 9.18 Å². The number of rotatable bonds is 4. The topological polar surface area (TPSA) is 23.6 Å². The number of carbonyl (C=O) groups is 1. The van der Waals surface area contributed by atoms with Crippen molar-refractivity contribution in [1.82, 2.24) is 4.90 Å². The van der Waals surface area contributed by atoms with E-state index < -0.39 is 0 Å². The molecule has 4 heteroatoms. The van der Waals surface area contributed by atoms with Crippen LogP contribution in [0.25, 0.3) is 0 Å². The van der Waals surface area contributed by atoms with Crippen LogP contribution in [0.2, 0.25) is 0 Å². The molecule has 0 spiro atoms. The minimum Gasteiger partial charge on any atom is -0.371 e. The normalized spacial score (nSPS) is 15.5. The average Bonchev–Trinajstić information content (AvgIpc) is 2.62. The van der Waals surface area contributed by atoms with Crippen LogP contribution in [0.3, 0.4) is 0 Å². The summed E-state index contributed by atoms with van der Waals surface area (Å²) >= 11 is 0. The summed E-state index contributed by atoms with van der Waals surface area (Å²) in [5.41, 5.74) is 2.55.